The maximum absolute atomic E-state index is 15.1. The Balaban J connectivity index is 2.29. The van der Waals surface area contributed by atoms with E-state index in [1.807, 2.05) is 0 Å². The Morgan fingerprint density at radius 3 is 2.32 bits per heavy atom. The number of halogens is 2. The number of benzene rings is 1. The second-order valence-corrected chi connectivity index (χ2v) is 6.97. The number of aliphatic hydroxyl groups is 2. The lowest BCUT2D eigenvalue weighted by Crippen LogP contribution is -2.38. The van der Waals surface area contributed by atoms with Crippen LogP contribution in [0.1, 0.15) is 40.7 Å². The van der Waals surface area contributed by atoms with Crippen molar-refractivity contribution in [3.63, 3.8) is 0 Å². The van der Waals surface area contributed by atoms with Crippen molar-refractivity contribution in [1.29, 1.82) is 0 Å². The quantitative estimate of drug-likeness (QED) is 0.775. The summed E-state index contributed by atoms with van der Waals surface area (Å²) < 4.78 is 44.2. The SMILES string of the molecule is [2H]C([2H])(N)[C@](O)(c1cc(C(C)(C)O)c(F)c(-c2ccc(F)cc2)n1)C1CC1. The molecule has 1 aliphatic carbocycles. The van der Waals surface area contributed by atoms with E-state index in [4.69, 9.17) is 8.48 Å². The molecule has 0 bridgehead atoms. The lowest BCUT2D eigenvalue weighted by molar-refractivity contribution is 0.0169. The van der Waals surface area contributed by atoms with Gasteiger partial charge in [0.25, 0.3) is 0 Å². The van der Waals surface area contributed by atoms with E-state index >= 15 is 4.39 Å². The van der Waals surface area contributed by atoms with Gasteiger partial charge < -0.3 is 15.9 Å². The molecule has 1 heterocycles. The number of nitrogens with two attached hydrogens (primary N) is 1. The number of nitrogens with zero attached hydrogens (tertiary/aromatic N) is 1. The minimum atomic E-state index is -2.53. The van der Waals surface area contributed by atoms with Crippen molar-refractivity contribution >= 4 is 0 Å². The normalized spacial score (nSPS) is 19.2. The molecule has 1 aromatic carbocycles. The van der Waals surface area contributed by atoms with Crippen LogP contribution in [0, 0.1) is 17.6 Å². The first-order chi connectivity index (χ1) is 12.4. The van der Waals surface area contributed by atoms with Gasteiger partial charge in [0, 0.05) is 20.4 Å². The topological polar surface area (TPSA) is 79.4 Å². The first kappa shape index (κ1) is 15.4. The van der Waals surface area contributed by atoms with Crippen LogP contribution in [0.4, 0.5) is 8.78 Å². The van der Waals surface area contributed by atoms with Crippen molar-refractivity contribution < 1.29 is 21.7 Å². The number of hydrogen-bond acceptors (Lipinski definition) is 4. The number of hydrogen-bond donors (Lipinski definition) is 3. The highest BCUT2D eigenvalue weighted by Crippen LogP contribution is 2.46. The lowest BCUT2D eigenvalue weighted by Gasteiger charge is -2.29. The number of pyridine rings is 1. The maximum atomic E-state index is 15.1. The number of aromatic nitrogens is 1. The Morgan fingerprint density at radius 1 is 1.24 bits per heavy atom. The molecule has 1 aliphatic rings. The molecule has 4 nitrogen and oxygen atoms in total. The lowest BCUT2D eigenvalue weighted by atomic mass is 9.88. The van der Waals surface area contributed by atoms with Gasteiger partial charge in [-0.2, -0.15) is 0 Å². The van der Waals surface area contributed by atoms with Gasteiger partial charge in [-0.1, -0.05) is 0 Å². The molecule has 3 rings (SSSR count). The first-order valence-electron chi connectivity index (χ1n) is 9.06. The van der Waals surface area contributed by atoms with E-state index in [2.05, 4.69) is 4.98 Å². The smallest absolute Gasteiger partial charge is 0.155 e. The Kier molecular flexibility index (Phi) is 3.77. The molecular formula is C19H22F2N2O2. The monoisotopic (exact) mass is 350 g/mol. The first-order valence-corrected chi connectivity index (χ1v) is 8.06. The van der Waals surface area contributed by atoms with Crippen LogP contribution >= 0.6 is 0 Å². The zero-order chi connectivity index (χ0) is 20.2. The van der Waals surface area contributed by atoms with Gasteiger partial charge in [0.2, 0.25) is 0 Å². The van der Waals surface area contributed by atoms with Crippen molar-refractivity contribution in [1.82, 2.24) is 4.98 Å². The molecular weight excluding hydrogens is 326 g/mol. The highest BCUT2D eigenvalue weighted by atomic mass is 19.1. The molecule has 25 heavy (non-hydrogen) atoms. The molecule has 6 heteroatoms. The average molecular weight is 350 g/mol. The second-order valence-electron chi connectivity index (χ2n) is 6.97. The van der Waals surface area contributed by atoms with Crippen molar-refractivity contribution in [2.75, 3.05) is 6.50 Å². The summed E-state index contributed by atoms with van der Waals surface area (Å²) in [6.45, 7) is 0.212. The van der Waals surface area contributed by atoms with Gasteiger partial charge in [0.1, 0.15) is 17.1 Å². The summed E-state index contributed by atoms with van der Waals surface area (Å²) >= 11 is 0. The molecule has 0 unspecified atom stereocenters. The molecule has 0 radical (unpaired) electrons. The van der Waals surface area contributed by atoms with E-state index in [0.717, 1.165) is 18.2 Å². The fraction of sp³-hybridized carbons (Fsp3) is 0.421. The summed E-state index contributed by atoms with van der Waals surface area (Å²) in [5, 5.41) is 21.5. The Morgan fingerprint density at radius 2 is 1.84 bits per heavy atom. The molecule has 2 aromatic rings. The van der Waals surface area contributed by atoms with Gasteiger partial charge in [0.05, 0.1) is 11.3 Å². The summed E-state index contributed by atoms with van der Waals surface area (Å²) in [6, 6.07) is 6.09. The second kappa shape index (κ2) is 6.12. The van der Waals surface area contributed by atoms with Crippen LogP contribution in [-0.4, -0.2) is 21.7 Å². The van der Waals surface area contributed by atoms with E-state index in [1.54, 1.807) is 0 Å². The van der Waals surface area contributed by atoms with Crippen molar-refractivity contribution in [3.8, 4) is 11.3 Å². The van der Waals surface area contributed by atoms with Gasteiger partial charge in [0.15, 0.2) is 5.82 Å². The summed E-state index contributed by atoms with van der Waals surface area (Å²) in [6.07, 6.45) is 1.10. The van der Waals surface area contributed by atoms with Crippen LogP contribution in [0.15, 0.2) is 30.3 Å². The van der Waals surface area contributed by atoms with Crippen LogP contribution in [0.2, 0.25) is 0 Å². The van der Waals surface area contributed by atoms with Crippen molar-refractivity contribution in [3.05, 3.63) is 53.2 Å². The van der Waals surface area contributed by atoms with Gasteiger partial charge in [-0.25, -0.2) is 13.8 Å². The summed E-state index contributed by atoms with van der Waals surface area (Å²) in [5.74, 6) is -1.80. The van der Waals surface area contributed by atoms with E-state index in [0.29, 0.717) is 12.8 Å². The van der Waals surface area contributed by atoms with Gasteiger partial charge in [-0.15, -0.1) is 0 Å². The zero-order valence-electron chi connectivity index (χ0n) is 16.1. The Bertz CT molecular complexity index is 860. The fourth-order valence-corrected chi connectivity index (χ4v) is 2.87. The fourth-order valence-electron chi connectivity index (χ4n) is 2.87. The molecule has 0 spiro atoms. The van der Waals surface area contributed by atoms with E-state index in [9.17, 15) is 14.6 Å². The third kappa shape index (κ3) is 3.29. The predicted octanol–water partition coefficient (Wildman–Crippen LogP) is 2.81. The molecule has 4 N–H and O–H groups in total. The largest absolute Gasteiger partial charge is 0.386 e. The molecule has 0 saturated heterocycles. The van der Waals surface area contributed by atoms with E-state index < -0.39 is 35.3 Å². The van der Waals surface area contributed by atoms with Crippen LogP contribution < -0.4 is 5.73 Å². The van der Waals surface area contributed by atoms with E-state index in [1.165, 1.54) is 26.0 Å². The summed E-state index contributed by atoms with van der Waals surface area (Å²) in [5.41, 5.74) is 1.57. The number of rotatable bonds is 5. The summed E-state index contributed by atoms with van der Waals surface area (Å²) in [4.78, 5) is 4.17. The Hall–Kier alpha value is -1.89. The standard InChI is InChI=1S/C19H22F2N2O2/c1-18(2,24)14-9-15(19(25,10-22)12-5-6-12)23-17(16(14)21)11-3-7-13(20)8-4-11/h3-4,7-9,12,24-25H,5-6,10,22H2,1-2H3/t19-/m1/s1/i10D2. The Labute approximate surface area is 148 Å². The van der Waals surface area contributed by atoms with Crippen LogP contribution in [-0.2, 0) is 11.2 Å². The van der Waals surface area contributed by atoms with Crippen LogP contribution in [0.3, 0.4) is 0 Å². The molecule has 1 aromatic heterocycles. The molecule has 0 aliphatic heterocycles. The molecule has 0 amide bonds. The third-order valence-corrected chi connectivity index (χ3v) is 4.51. The van der Waals surface area contributed by atoms with Gasteiger partial charge in [-0.3, -0.25) is 0 Å². The minimum Gasteiger partial charge on any atom is -0.386 e. The molecule has 1 fully saturated rings. The maximum Gasteiger partial charge on any atom is 0.155 e. The highest BCUT2D eigenvalue weighted by Gasteiger charge is 2.46. The van der Waals surface area contributed by atoms with E-state index in [-0.39, 0.29) is 22.5 Å². The van der Waals surface area contributed by atoms with Crippen LogP contribution in [0.5, 0.6) is 0 Å². The van der Waals surface area contributed by atoms with Gasteiger partial charge in [-0.05, 0) is 62.9 Å². The molecule has 1 saturated carbocycles. The summed E-state index contributed by atoms with van der Waals surface area (Å²) in [7, 11) is 0. The molecule has 134 valence electrons. The van der Waals surface area contributed by atoms with Crippen LogP contribution in [0.25, 0.3) is 11.3 Å². The van der Waals surface area contributed by atoms with Gasteiger partial charge >= 0.3 is 0 Å². The zero-order valence-corrected chi connectivity index (χ0v) is 14.1. The van der Waals surface area contributed by atoms with Crippen molar-refractivity contribution in [2.24, 2.45) is 11.7 Å². The van der Waals surface area contributed by atoms with Crippen molar-refractivity contribution in [2.45, 2.75) is 37.9 Å². The highest BCUT2D eigenvalue weighted by molar-refractivity contribution is 5.62. The third-order valence-electron chi connectivity index (χ3n) is 4.51. The minimum absolute atomic E-state index is 0.157. The predicted molar refractivity (Wildman–Crippen MR) is 90.5 cm³/mol. The average Bonchev–Trinajstić information content (AvgIpc) is 3.38. The molecule has 1 atom stereocenters.